The van der Waals surface area contributed by atoms with Crippen molar-refractivity contribution in [3.8, 4) is 0 Å². The number of piperazine rings is 1. The van der Waals surface area contributed by atoms with Crippen LogP contribution in [-0.2, 0) is 0 Å². The molecule has 0 radical (unpaired) electrons. The van der Waals surface area contributed by atoms with Gasteiger partial charge in [-0.1, -0.05) is 20.3 Å². The third-order valence-corrected chi connectivity index (χ3v) is 4.46. The molecule has 1 aromatic rings. The lowest BCUT2D eigenvalue weighted by Gasteiger charge is -2.45. The van der Waals surface area contributed by atoms with Crippen molar-refractivity contribution in [1.29, 1.82) is 0 Å². The van der Waals surface area contributed by atoms with E-state index in [-0.39, 0.29) is 18.5 Å². The van der Waals surface area contributed by atoms with Crippen LogP contribution in [-0.4, -0.2) is 43.3 Å². The number of hydrogen-bond acceptors (Lipinski definition) is 2. The van der Waals surface area contributed by atoms with Gasteiger partial charge in [-0.3, -0.25) is 4.90 Å². The number of benzene rings is 1. The number of rotatable bonds is 6. The summed E-state index contributed by atoms with van der Waals surface area (Å²) >= 11 is 0. The standard InChI is InChI=1S/C17H26F2N2/c1-3-5-15(4-2)21-11-10-20(13-17(21)12-18)16-8-6-14(19)7-9-16/h6-9,15,17H,3-5,10-13H2,1-2H3. The van der Waals surface area contributed by atoms with Gasteiger partial charge in [0.1, 0.15) is 12.5 Å². The maximum absolute atomic E-state index is 13.5. The Hall–Kier alpha value is -1.16. The average Bonchev–Trinajstić information content (AvgIpc) is 2.53. The molecule has 0 bridgehead atoms. The molecule has 4 heteroatoms. The summed E-state index contributed by atoms with van der Waals surface area (Å²) in [6.07, 6.45) is 3.33. The van der Waals surface area contributed by atoms with E-state index in [1.165, 1.54) is 12.1 Å². The average molecular weight is 296 g/mol. The van der Waals surface area contributed by atoms with Gasteiger partial charge >= 0.3 is 0 Å². The van der Waals surface area contributed by atoms with Crippen LogP contribution in [0.3, 0.4) is 0 Å². The SMILES string of the molecule is CCCC(CC)N1CCN(c2ccc(F)cc2)CC1CF. The molecule has 1 fully saturated rings. The number of halogens is 2. The molecule has 0 spiro atoms. The van der Waals surface area contributed by atoms with Crippen molar-refractivity contribution in [3.05, 3.63) is 30.1 Å². The van der Waals surface area contributed by atoms with Crippen molar-refractivity contribution in [2.75, 3.05) is 31.2 Å². The number of anilines is 1. The van der Waals surface area contributed by atoms with Crippen LogP contribution in [0, 0.1) is 5.82 Å². The van der Waals surface area contributed by atoms with Crippen LogP contribution >= 0.6 is 0 Å². The van der Waals surface area contributed by atoms with Gasteiger partial charge in [0, 0.05) is 31.4 Å². The Labute approximate surface area is 126 Å². The lowest BCUT2D eigenvalue weighted by Crippen LogP contribution is -2.57. The first-order chi connectivity index (χ1) is 10.2. The number of nitrogens with zero attached hydrogens (tertiary/aromatic N) is 2. The van der Waals surface area contributed by atoms with Gasteiger partial charge in [-0.05, 0) is 37.1 Å². The van der Waals surface area contributed by atoms with Crippen LogP contribution in [0.15, 0.2) is 24.3 Å². The maximum Gasteiger partial charge on any atom is 0.123 e. The Bertz CT molecular complexity index is 421. The summed E-state index contributed by atoms with van der Waals surface area (Å²) in [6.45, 7) is 6.48. The molecule has 2 unspecified atom stereocenters. The topological polar surface area (TPSA) is 6.48 Å². The van der Waals surface area contributed by atoms with Crippen molar-refractivity contribution >= 4 is 5.69 Å². The summed E-state index contributed by atoms with van der Waals surface area (Å²) in [7, 11) is 0. The van der Waals surface area contributed by atoms with Gasteiger partial charge < -0.3 is 4.90 Å². The van der Waals surface area contributed by atoms with Crippen LogP contribution in [0.4, 0.5) is 14.5 Å². The summed E-state index contributed by atoms with van der Waals surface area (Å²) in [5.41, 5.74) is 0.984. The van der Waals surface area contributed by atoms with E-state index < -0.39 is 0 Å². The predicted molar refractivity (Wildman–Crippen MR) is 84.1 cm³/mol. The lowest BCUT2D eigenvalue weighted by atomic mass is 10.0. The Morgan fingerprint density at radius 1 is 1.19 bits per heavy atom. The van der Waals surface area contributed by atoms with E-state index in [1.54, 1.807) is 12.1 Å². The molecule has 21 heavy (non-hydrogen) atoms. The van der Waals surface area contributed by atoms with E-state index in [0.29, 0.717) is 12.6 Å². The Morgan fingerprint density at radius 3 is 2.48 bits per heavy atom. The molecule has 0 N–H and O–H groups in total. The van der Waals surface area contributed by atoms with Crippen LogP contribution in [0.1, 0.15) is 33.1 Å². The molecule has 0 amide bonds. The van der Waals surface area contributed by atoms with E-state index in [9.17, 15) is 8.78 Å². The number of alkyl halides is 1. The molecule has 1 aliphatic rings. The molecular weight excluding hydrogens is 270 g/mol. The quantitative estimate of drug-likeness (QED) is 0.786. The van der Waals surface area contributed by atoms with Gasteiger partial charge in [-0.25, -0.2) is 8.78 Å². The third kappa shape index (κ3) is 3.94. The second-order valence-electron chi connectivity index (χ2n) is 5.82. The molecule has 2 nitrogen and oxygen atoms in total. The summed E-state index contributed by atoms with van der Waals surface area (Å²) < 4.78 is 26.5. The first-order valence-corrected chi connectivity index (χ1v) is 8.01. The molecule has 1 heterocycles. The number of hydrogen-bond donors (Lipinski definition) is 0. The first kappa shape index (κ1) is 16.2. The molecule has 1 aliphatic heterocycles. The van der Waals surface area contributed by atoms with Gasteiger partial charge in [0.25, 0.3) is 0 Å². The molecule has 1 saturated heterocycles. The van der Waals surface area contributed by atoms with Gasteiger partial charge in [0.15, 0.2) is 0 Å². The third-order valence-electron chi connectivity index (χ3n) is 4.46. The van der Waals surface area contributed by atoms with Gasteiger partial charge in [0.05, 0.1) is 6.04 Å². The minimum absolute atomic E-state index is 0.0553. The maximum atomic E-state index is 13.5. The highest BCUT2D eigenvalue weighted by Crippen LogP contribution is 2.23. The molecule has 1 aromatic carbocycles. The molecule has 2 atom stereocenters. The second kappa shape index (κ2) is 7.74. The van der Waals surface area contributed by atoms with Crippen molar-refractivity contribution in [2.45, 2.75) is 45.2 Å². The van der Waals surface area contributed by atoms with Crippen molar-refractivity contribution in [1.82, 2.24) is 4.90 Å². The molecule has 118 valence electrons. The zero-order valence-electron chi connectivity index (χ0n) is 13.1. The van der Waals surface area contributed by atoms with Crippen LogP contribution < -0.4 is 4.90 Å². The molecule has 0 saturated carbocycles. The van der Waals surface area contributed by atoms with Crippen molar-refractivity contribution in [3.63, 3.8) is 0 Å². The highest BCUT2D eigenvalue weighted by atomic mass is 19.1. The summed E-state index contributed by atoms with van der Waals surface area (Å²) in [4.78, 5) is 4.50. The second-order valence-corrected chi connectivity index (χ2v) is 5.82. The zero-order valence-corrected chi connectivity index (χ0v) is 13.1. The monoisotopic (exact) mass is 296 g/mol. The molecule has 0 aromatic heterocycles. The Morgan fingerprint density at radius 2 is 1.90 bits per heavy atom. The summed E-state index contributed by atoms with van der Waals surface area (Å²) in [6, 6.07) is 6.93. The first-order valence-electron chi connectivity index (χ1n) is 8.01. The zero-order chi connectivity index (χ0) is 15.2. The largest absolute Gasteiger partial charge is 0.369 e. The van der Waals surface area contributed by atoms with E-state index in [1.807, 2.05) is 0 Å². The summed E-state index contributed by atoms with van der Waals surface area (Å²) in [5, 5.41) is 0. The fourth-order valence-electron chi connectivity index (χ4n) is 3.31. The van der Waals surface area contributed by atoms with Gasteiger partial charge in [0.2, 0.25) is 0 Å². The van der Waals surface area contributed by atoms with E-state index in [0.717, 1.165) is 38.0 Å². The van der Waals surface area contributed by atoms with Crippen LogP contribution in [0.25, 0.3) is 0 Å². The lowest BCUT2D eigenvalue weighted by molar-refractivity contribution is 0.0903. The van der Waals surface area contributed by atoms with Crippen LogP contribution in [0.5, 0.6) is 0 Å². The Kier molecular flexibility index (Phi) is 5.97. The van der Waals surface area contributed by atoms with Crippen LogP contribution in [0.2, 0.25) is 0 Å². The fourth-order valence-corrected chi connectivity index (χ4v) is 3.31. The minimum atomic E-state index is -0.322. The van der Waals surface area contributed by atoms with Crippen molar-refractivity contribution in [2.24, 2.45) is 0 Å². The predicted octanol–water partition coefficient (Wildman–Crippen LogP) is 3.86. The fraction of sp³-hybridized carbons (Fsp3) is 0.647. The molecule has 2 rings (SSSR count). The van der Waals surface area contributed by atoms with Crippen molar-refractivity contribution < 1.29 is 8.78 Å². The van der Waals surface area contributed by atoms with E-state index >= 15 is 0 Å². The van der Waals surface area contributed by atoms with E-state index in [4.69, 9.17) is 0 Å². The highest BCUT2D eigenvalue weighted by molar-refractivity contribution is 5.47. The highest BCUT2D eigenvalue weighted by Gasteiger charge is 2.31. The summed E-state index contributed by atoms with van der Waals surface area (Å²) in [5.74, 6) is -0.228. The Balaban J connectivity index is 2.05. The smallest absolute Gasteiger partial charge is 0.123 e. The van der Waals surface area contributed by atoms with E-state index in [2.05, 4.69) is 23.6 Å². The molecular formula is C17H26F2N2. The van der Waals surface area contributed by atoms with Gasteiger partial charge in [-0.15, -0.1) is 0 Å². The van der Waals surface area contributed by atoms with Gasteiger partial charge in [-0.2, -0.15) is 0 Å². The normalized spacial score (nSPS) is 21.5. The molecule has 0 aliphatic carbocycles. The minimum Gasteiger partial charge on any atom is -0.369 e.